The predicted octanol–water partition coefficient (Wildman–Crippen LogP) is 2.06. The summed E-state index contributed by atoms with van der Waals surface area (Å²) in [6, 6.07) is 1.88. The molecule has 1 amide bonds. The fourth-order valence-corrected chi connectivity index (χ4v) is 2.83. The molecular weight excluding hydrogens is 348 g/mol. The second kappa shape index (κ2) is 6.70. The Kier molecular flexibility index (Phi) is 4.69. The highest BCUT2D eigenvalue weighted by Gasteiger charge is 2.21. The first-order valence-corrected chi connectivity index (χ1v) is 8.62. The number of imidazole rings is 1. The Bertz CT molecular complexity index is 1070. The summed E-state index contributed by atoms with van der Waals surface area (Å²) in [4.78, 5) is 29.4. The van der Waals surface area contributed by atoms with E-state index in [4.69, 9.17) is 9.15 Å². The van der Waals surface area contributed by atoms with E-state index in [2.05, 4.69) is 10.3 Å². The summed E-state index contributed by atoms with van der Waals surface area (Å²) in [7, 11) is 3.26. The number of furan rings is 1. The molecule has 1 N–H and O–H groups in total. The lowest BCUT2D eigenvalue weighted by molar-refractivity contribution is 0.0228. The number of nitrogens with zero attached hydrogens (tertiary/aromatic N) is 3. The van der Waals surface area contributed by atoms with Crippen LogP contribution in [0.4, 0.5) is 0 Å². The van der Waals surface area contributed by atoms with Gasteiger partial charge >= 0.3 is 0 Å². The molecule has 0 saturated heterocycles. The number of nitrogens with one attached hydrogen (secondary N) is 1. The third-order valence-corrected chi connectivity index (χ3v) is 4.63. The number of ether oxygens (including phenoxy) is 1. The number of methoxy groups -OCH3 is 1. The zero-order chi connectivity index (χ0) is 19.9. The number of hydrogen-bond acceptors (Lipinski definition) is 5. The fraction of sp³-hybridized carbons (Fsp3) is 0.421. The highest BCUT2D eigenvalue weighted by atomic mass is 16.5. The maximum Gasteiger partial charge on any atom is 0.294 e. The van der Waals surface area contributed by atoms with E-state index in [0.29, 0.717) is 12.2 Å². The van der Waals surface area contributed by atoms with Gasteiger partial charge in [-0.2, -0.15) is 0 Å². The van der Waals surface area contributed by atoms with E-state index in [0.717, 1.165) is 17.1 Å². The summed E-state index contributed by atoms with van der Waals surface area (Å²) in [6.45, 7) is 7.77. The normalized spacial score (nSPS) is 11.9. The molecule has 0 radical (unpaired) electrons. The maximum atomic E-state index is 12.7. The SMILES string of the molecule is COC(C)(C)CNC(=O)c1cn2cc(-c3cc(C)oc3C)n(C)c(=O)c2n1. The van der Waals surface area contributed by atoms with Crippen molar-refractivity contribution in [2.45, 2.75) is 33.3 Å². The molecule has 0 aliphatic rings. The van der Waals surface area contributed by atoms with Gasteiger partial charge in [-0.15, -0.1) is 0 Å². The first kappa shape index (κ1) is 18.9. The van der Waals surface area contributed by atoms with Crippen LogP contribution >= 0.6 is 0 Å². The van der Waals surface area contributed by atoms with Crippen molar-refractivity contribution < 1.29 is 13.9 Å². The van der Waals surface area contributed by atoms with Crippen LogP contribution < -0.4 is 10.9 Å². The Morgan fingerprint density at radius 2 is 2.04 bits per heavy atom. The molecule has 0 unspecified atom stereocenters. The molecule has 0 atom stereocenters. The largest absolute Gasteiger partial charge is 0.466 e. The number of aryl methyl sites for hydroxylation is 2. The van der Waals surface area contributed by atoms with Crippen LogP contribution in [-0.2, 0) is 11.8 Å². The number of amides is 1. The molecule has 0 aliphatic carbocycles. The van der Waals surface area contributed by atoms with Gasteiger partial charge in [0.2, 0.25) is 5.65 Å². The van der Waals surface area contributed by atoms with Crippen molar-refractivity contribution in [3.05, 3.63) is 46.0 Å². The van der Waals surface area contributed by atoms with Gasteiger partial charge in [-0.05, 0) is 33.8 Å². The molecule has 0 aliphatic heterocycles. The first-order chi connectivity index (χ1) is 12.6. The summed E-state index contributed by atoms with van der Waals surface area (Å²) < 4.78 is 14.0. The zero-order valence-corrected chi connectivity index (χ0v) is 16.4. The highest BCUT2D eigenvalue weighted by molar-refractivity contribution is 5.92. The Morgan fingerprint density at radius 1 is 1.33 bits per heavy atom. The fourth-order valence-electron chi connectivity index (χ4n) is 2.83. The van der Waals surface area contributed by atoms with Gasteiger partial charge < -0.3 is 19.0 Å². The van der Waals surface area contributed by atoms with Gasteiger partial charge in [0.25, 0.3) is 11.5 Å². The first-order valence-electron chi connectivity index (χ1n) is 8.62. The van der Waals surface area contributed by atoms with Crippen LogP contribution in [-0.4, -0.2) is 39.1 Å². The molecule has 8 nitrogen and oxygen atoms in total. The van der Waals surface area contributed by atoms with Crippen molar-refractivity contribution in [2.75, 3.05) is 13.7 Å². The number of carbonyl (C=O) groups is 1. The van der Waals surface area contributed by atoms with E-state index in [1.54, 1.807) is 31.0 Å². The van der Waals surface area contributed by atoms with Crippen LogP contribution in [0.3, 0.4) is 0 Å². The molecule has 8 heteroatoms. The molecule has 0 spiro atoms. The van der Waals surface area contributed by atoms with E-state index >= 15 is 0 Å². The lowest BCUT2D eigenvalue weighted by Gasteiger charge is -2.22. The molecule has 27 heavy (non-hydrogen) atoms. The highest BCUT2D eigenvalue weighted by Crippen LogP contribution is 2.25. The van der Waals surface area contributed by atoms with Crippen LogP contribution in [0.25, 0.3) is 16.9 Å². The lowest BCUT2D eigenvalue weighted by Crippen LogP contribution is -2.39. The van der Waals surface area contributed by atoms with Crippen molar-refractivity contribution in [2.24, 2.45) is 7.05 Å². The Morgan fingerprint density at radius 3 is 2.63 bits per heavy atom. The molecule has 0 fully saturated rings. The van der Waals surface area contributed by atoms with E-state index in [-0.39, 0.29) is 22.8 Å². The van der Waals surface area contributed by atoms with E-state index < -0.39 is 5.60 Å². The summed E-state index contributed by atoms with van der Waals surface area (Å²) in [5, 5.41) is 2.78. The monoisotopic (exact) mass is 372 g/mol. The second-order valence-corrected chi connectivity index (χ2v) is 7.21. The smallest absolute Gasteiger partial charge is 0.294 e. The number of fused-ring (bicyclic) bond motifs is 1. The van der Waals surface area contributed by atoms with Crippen LogP contribution in [0.15, 0.2) is 27.7 Å². The van der Waals surface area contributed by atoms with Crippen molar-refractivity contribution in [3.8, 4) is 11.3 Å². The van der Waals surface area contributed by atoms with Gasteiger partial charge in [-0.1, -0.05) is 0 Å². The summed E-state index contributed by atoms with van der Waals surface area (Å²) >= 11 is 0. The lowest BCUT2D eigenvalue weighted by atomic mass is 10.1. The number of hydrogen-bond donors (Lipinski definition) is 1. The molecule has 144 valence electrons. The third-order valence-electron chi connectivity index (χ3n) is 4.63. The van der Waals surface area contributed by atoms with Crippen LogP contribution in [0.2, 0.25) is 0 Å². The summed E-state index contributed by atoms with van der Waals surface area (Å²) in [5.41, 5.74) is 1.10. The van der Waals surface area contributed by atoms with E-state index in [9.17, 15) is 9.59 Å². The van der Waals surface area contributed by atoms with Crippen LogP contribution in [0.1, 0.15) is 35.9 Å². The Labute approximate surface area is 156 Å². The van der Waals surface area contributed by atoms with Gasteiger partial charge in [-0.3, -0.25) is 14.0 Å². The van der Waals surface area contributed by atoms with Crippen LogP contribution in [0, 0.1) is 13.8 Å². The minimum atomic E-state index is -0.491. The number of carbonyl (C=O) groups excluding carboxylic acids is 1. The molecule has 3 aromatic heterocycles. The minimum absolute atomic E-state index is 0.177. The van der Waals surface area contributed by atoms with Crippen molar-refractivity contribution >= 4 is 11.6 Å². The summed E-state index contributed by atoms with van der Waals surface area (Å²) in [6.07, 6.45) is 3.33. The molecule has 3 aromatic rings. The topological polar surface area (TPSA) is 90.8 Å². The molecular formula is C19H24N4O4. The average Bonchev–Trinajstić information content (AvgIpc) is 3.19. The number of rotatable bonds is 5. The minimum Gasteiger partial charge on any atom is -0.466 e. The summed E-state index contributed by atoms with van der Waals surface area (Å²) in [5.74, 6) is 1.13. The Hall–Kier alpha value is -2.87. The standard InChI is InChI=1S/C19H24N4O4/c1-11-7-13(12(2)27-11)15-9-23-8-14(21-16(23)18(25)22(15)5)17(24)20-10-19(3,4)26-6/h7-9H,10H2,1-6H3,(H,20,24). The van der Waals surface area contributed by atoms with Crippen molar-refractivity contribution in [1.82, 2.24) is 19.3 Å². The quantitative estimate of drug-likeness (QED) is 0.740. The molecule has 3 heterocycles. The van der Waals surface area contributed by atoms with Gasteiger partial charge in [0.15, 0.2) is 0 Å². The van der Waals surface area contributed by atoms with Gasteiger partial charge in [-0.25, -0.2) is 4.98 Å². The van der Waals surface area contributed by atoms with Crippen LogP contribution in [0.5, 0.6) is 0 Å². The van der Waals surface area contributed by atoms with E-state index in [1.807, 2.05) is 33.8 Å². The van der Waals surface area contributed by atoms with Crippen molar-refractivity contribution in [3.63, 3.8) is 0 Å². The average molecular weight is 372 g/mol. The zero-order valence-electron chi connectivity index (χ0n) is 16.4. The van der Waals surface area contributed by atoms with Crippen molar-refractivity contribution in [1.29, 1.82) is 0 Å². The number of aromatic nitrogens is 3. The molecule has 0 saturated carbocycles. The molecule has 0 aromatic carbocycles. The second-order valence-electron chi connectivity index (χ2n) is 7.21. The molecule has 3 rings (SSSR count). The van der Waals surface area contributed by atoms with Gasteiger partial charge in [0.1, 0.15) is 17.2 Å². The molecule has 0 bridgehead atoms. The third kappa shape index (κ3) is 3.52. The van der Waals surface area contributed by atoms with Gasteiger partial charge in [0, 0.05) is 38.7 Å². The maximum absolute atomic E-state index is 12.7. The van der Waals surface area contributed by atoms with E-state index in [1.165, 1.54) is 4.57 Å². The van der Waals surface area contributed by atoms with Gasteiger partial charge in [0.05, 0.1) is 11.3 Å². The predicted molar refractivity (Wildman–Crippen MR) is 101 cm³/mol. The Balaban J connectivity index is 2.01.